The Morgan fingerprint density at radius 3 is 2.71 bits per heavy atom. The van der Waals surface area contributed by atoms with Crippen LogP contribution in [0.25, 0.3) is 22.2 Å². The quantitative estimate of drug-likeness (QED) is 0.639. The van der Waals surface area contributed by atoms with Crippen LogP contribution in [0.3, 0.4) is 0 Å². The summed E-state index contributed by atoms with van der Waals surface area (Å²) < 4.78 is 53.7. The third-order valence-electron chi connectivity index (χ3n) is 4.79. The van der Waals surface area contributed by atoms with E-state index in [-0.39, 0.29) is 19.0 Å². The largest absolute Gasteiger partial charge is 0.416 e. The number of aromatic nitrogens is 3. The standard InChI is InChI=1S/C19H16F4N4O/c20-15-4-5-26(10-15)18(28)11-27-17-7-13(8-24-16(17)9-25-27)12-2-1-3-14(6-12)19(21,22)23/h1-3,6-9,15H,4-5,10-11H2/t15-/m0/s1. The molecule has 28 heavy (non-hydrogen) atoms. The predicted molar refractivity (Wildman–Crippen MR) is 94.1 cm³/mol. The van der Waals surface area contributed by atoms with Gasteiger partial charge in [0.25, 0.3) is 0 Å². The topological polar surface area (TPSA) is 51.0 Å². The zero-order valence-electron chi connectivity index (χ0n) is 14.7. The molecule has 0 unspecified atom stereocenters. The van der Waals surface area contributed by atoms with Crippen LogP contribution in [0.1, 0.15) is 12.0 Å². The van der Waals surface area contributed by atoms with Crippen molar-refractivity contribution in [3.8, 4) is 11.1 Å². The number of amides is 1. The number of alkyl halides is 4. The summed E-state index contributed by atoms with van der Waals surface area (Å²) in [6.45, 7) is 0.364. The smallest absolute Gasteiger partial charge is 0.338 e. The highest BCUT2D eigenvalue weighted by molar-refractivity contribution is 5.83. The number of hydrogen-bond donors (Lipinski definition) is 0. The van der Waals surface area contributed by atoms with Crippen molar-refractivity contribution in [3.63, 3.8) is 0 Å². The summed E-state index contributed by atoms with van der Waals surface area (Å²) in [5.41, 5.74) is 1.15. The number of rotatable bonds is 3. The van der Waals surface area contributed by atoms with Gasteiger partial charge in [-0.15, -0.1) is 0 Å². The monoisotopic (exact) mass is 392 g/mol. The Bertz CT molecular complexity index is 1030. The summed E-state index contributed by atoms with van der Waals surface area (Å²) in [6, 6.07) is 6.62. The lowest BCUT2D eigenvalue weighted by molar-refractivity contribution is -0.137. The number of pyridine rings is 1. The Morgan fingerprint density at radius 1 is 1.18 bits per heavy atom. The molecule has 1 aliphatic rings. The van der Waals surface area contributed by atoms with Gasteiger partial charge in [0.15, 0.2) is 0 Å². The normalized spacial score (nSPS) is 17.4. The summed E-state index contributed by atoms with van der Waals surface area (Å²) >= 11 is 0. The molecule has 4 rings (SSSR count). The molecule has 1 amide bonds. The fourth-order valence-corrected chi connectivity index (χ4v) is 3.29. The molecule has 2 aromatic heterocycles. The van der Waals surface area contributed by atoms with Gasteiger partial charge in [0.2, 0.25) is 5.91 Å². The van der Waals surface area contributed by atoms with Gasteiger partial charge in [-0.2, -0.15) is 18.3 Å². The highest BCUT2D eigenvalue weighted by atomic mass is 19.4. The Hall–Kier alpha value is -2.97. The van der Waals surface area contributed by atoms with Crippen molar-refractivity contribution in [1.82, 2.24) is 19.7 Å². The second kappa shape index (κ2) is 6.88. The van der Waals surface area contributed by atoms with Crippen LogP contribution in [-0.2, 0) is 17.5 Å². The van der Waals surface area contributed by atoms with E-state index in [0.717, 1.165) is 12.1 Å². The molecule has 0 N–H and O–H groups in total. The Labute approximate surface area is 157 Å². The molecule has 1 atom stereocenters. The maximum Gasteiger partial charge on any atom is 0.416 e. The third-order valence-corrected chi connectivity index (χ3v) is 4.79. The maximum atomic E-state index is 13.3. The highest BCUT2D eigenvalue weighted by Gasteiger charge is 2.30. The van der Waals surface area contributed by atoms with Gasteiger partial charge in [-0.3, -0.25) is 14.5 Å². The van der Waals surface area contributed by atoms with E-state index in [1.807, 2.05) is 0 Å². The molecular formula is C19H16F4N4O. The number of nitrogens with zero attached hydrogens (tertiary/aromatic N) is 4. The molecule has 9 heteroatoms. The SMILES string of the molecule is O=C(Cn1ncc2ncc(-c3cccc(C(F)(F)F)c3)cc21)N1CC[C@H](F)C1. The first-order valence-corrected chi connectivity index (χ1v) is 8.72. The van der Waals surface area contributed by atoms with Gasteiger partial charge < -0.3 is 4.90 Å². The van der Waals surface area contributed by atoms with Crippen molar-refractivity contribution in [1.29, 1.82) is 0 Å². The van der Waals surface area contributed by atoms with Crippen molar-refractivity contribution in [2.75, 3.05) is 13.1 Å². The van der Waals surface area contributed by atoms with Crippen molar-refractivity contribution in [3.05, 3.63) is 48.3 Å². The second-order valence-electron chi connectivity index (χ2n) is 6.73. The van der Waals surface area contributed by atoms with E-state index in [0.29, 0.717) is 35.1 Å². The van der Waals surface area contributed by atoms with E-state index in [2.05, 4.69) is 10.1 Å². The third kappa shape index (κ3) is 3.56. The van der Waals surface area contributed by atoms with Crippen LogP contribution >= 0.6 is 0 Å². The van der Waals surface area contributed by atoms with Crippen LogP contribution in [0.15, 0.2) is 42.7 Å². The molecule has 0 saturated carbocycles. The fourth-order valence-electron chi connectivity index (χ4n) is 3.29. The van der Waals surface area contributed by atoms with Crippen LogP contribution in [-0.4, -0.2) is 44.8 Å². The van der Waals surface area contributed by atoms with Crippen molar-refractivity contribution in [2.45, 2.75) is 25.3 Å². The van der Waals surface area contributed by atoms with Gasteiger partial charge in [-0.05, 0) is 30.2 Å². The minimum atomic E-state index is -4.44. The molecule has 3 heterocycles. The van der Waals surface area contributed by atoms with Gasteiger partial charge in [-0.25, -0.2) is 4.39 Å². The van der Waals surface area contributed by atoms with E-state index in [9.17, 15) is 22.4 Å². The lowest BCUT2D eigenvalue weighted by Gasteiger charge is -2.15. The number of carbonyl (C=O) groups is 1. The highest BCUT2D eigenvalue weighted by Crippen LogP contribution is 2.32. The molecular weight excluding hydrogens is 376 g/mol. The molecule has 5 nitrogen and oxygen atoms in total. The van der Waals surface area contributed by atoms with Crippen molar-refractivity contribution >= 4 is 16.9 Å². The molecule has 1 aliphatic heterocycles. The lowest BCUT2D eigenvalue weighted by atomic mass is 10.0. The molecule has 0 aliphatic carbocycles. The van der Waals surface area contributed by atoms with Gasteiger partial charge in [0.1, 0.15) is 18.2 Å². The first-order valence-electron chi connectivity index (χ1n) is 8.72. The van der Waals surface area contributed by atoms with Crippen molar-refractivity contribution in [2.24, 2.45) is 0 Å². The minimum Gasteiger partial charge on any atom is -0.338 e. The zero-order chi connectivity index (χ0) is 19.9. The number of carbonyl (C=O) groups excluding carboxylic acids is 1. The van der Waals surface area contributed by atoms with Crippen LogP contribution < -0.4 is 0 Å². The summed E-state index contributed by atoms with van der Waals surface area (Å²) in [6.07, 6.45) is -2.16. The average molecular weight is 392 g/mol. The Kier molecular flexibility index (Phi) is 4.52. The second-order valence-corrected chi connectivity index (χ2v) is 6.73. The van der Waals surface area contributed by atoms with E-state index < -0.39 is 17.9 Å². The average Bonchev–Trinajstić information content (AvgIpc) is 3.27. The van der Waals surface area contributed by atoms with Crippen LogP contribution in [0.2, 0.25) is 0 Å². The summed E-state index contributed by atoms with van der Waals surface area (Å²) in [5, 5.41) is 4.15. The summed E-state index contributed by atoms with van der Waals surface area (Å²) in [5.74, 6) is -0.255. The summed E-state index contributed by atoms with van der Waals surface area (Å²) in [4.78, 5) is 18.0. The van der Waals surface area contributed by atoms with E-state index in [1.165, 1.54) is 28.0 Å². The van der Waals surface area contributed by atoms with Gasteiger partial charge >= 0.3 is 6.18 Å². The minimum absolute atomic E-state index is 0.0752. The van der Waals surface area contributed by atoms with E-state index in [4.69, 9.17) is 0 Å². The number of halogens is 4. The first kappa shape index (κ1) is 18.4. The molecule has 0 spiro atoms. The molecule has 146 valence electrons. The molecule has 1 fully saturated rings. The van der Waals surface area contributed by atoms with Crippen molar-refractivity contribution < 1.29 is 22.4 Å². The molecule has 1 saturated heterocycles. The Balaban J connectivity index is 1.64. The number of hydrogen-bond acceptors (Lipinski definition) is 3. The van der Waals surface area contributed by atoms with Crippen LogP contribution in [0.5, 0.6) is 0 Å². The molecule has 0 bridgehead atoms. The van der Waals surface area contributed by atoms with Gasteiger partial charge in [0.05, 0.1) is 23.8 Å². The predicted octanol–water partition coefficient (Wildman–Crippen LogP) is 3.69. The zero-order valence-corrected chi connectivity index (χ0v) is 14.7. The number of benzene rings is 1. The number of likely N-dealkylation sites (tertiary alicyclic amines) is 1. The van der Waals surface area contributed by atoms with Crippen LogP contribution in [0.4, 0.5) is 17.6 Å². The van der Waals surface area contributed by atoms with E-state index >= 15 is 0 Å². The van der Waals surface area contributed by atoms with Gasteiger partial charge in [0, 0.05) is 18.3 Å². The van der Waals surface area contributed by atoms with E-state index in [1.54, 1.807) is 12.1 Å². The first-order chi connectivity index (χ1) is 13.3. The molecule has 3 aromatic rings. The lowest BCUT2D eigenvalue weighted by Crippen LogP contribution is -2.32. The molecule has 1 aromatic carbocycles. The van der Waals surface area contributed by atoms with Crippen LogP contribution in [0, 0.1) is 0 Å². The fraction of sp³-hybridized carbons (Fsp3) is 0.316. The number of fused-ring (bicyclic) bond motifs is 1. The van der Waals surface area contributed by atoms with Gasteiger partial charge in [-0.1, -0.05) is 12.1 Å². The molecule has 0 radical (unpaired) electrons. The Morgan fingerprint density at radius 2 is 2.00 bits per heavy atom. The summed E-state index contributed by atoms with van der Waals surface area (Å²) in [7, 11) is 0. The maximum absolute atomic E-state index is 13.3.